The van der Waals surface area contributed by atoms with Crippen molar-refractivity contribution in [2.24, 2.45) is 0 Å². The molecule has 1 heterocycles. The zero-order chi connectivity index (χ0) is 32.7. The zero-order valence-corrected chi connectivity index (χ0v) is 26.5. The second-order valence-corrected chi connectivity index (χ2v) is 12.3. The van der Waals surface area contributed by atoms with E-state index in [0.29, 0.717) is 11.5 Å². The van der Waals surface area contributed by atoms with Gasteiger partial charge in [0.05, 0.1) is 11.6 Å². The number of rotatable bonds is 5. The van der Waals surface area contributed by atoms with E-state index in [2.05, 4.69) is 152 Å². The molecule has 0 amide bonds. The van der Waals surface area contributed by atoms with E-state index in [1.165, 1.54) is 21.5 Å². The molecule has 0 aliphatic heterocycles. The minimum absolute atomic E-state index is 0.592. The molecule has 0 radical (unpaired) electrons. The molecule has 0 aliphatic rings. The summed E-state index contributed by atoms with van der Waals surface area (Å²) in [6.45, 7) is 0. The van der Waals surface area contributed by atoms with Gasteiger partial charge in [-0.2, -0.15) is 5.26 Å². The van der Waals surface area contributed by atoms with Crippen molar-refractivity contribution in [3.63, 3.8) is 0 Å². The molecule has 0 spiro atoms. The van der Waals surface area contributed by atoms with Gasteiger partial charge in [0, 0.05) is 11.1 Å². The van der Waals surface area contributed by atoms with E-state index < -0.39 is 0 Å². The highest BCUT2D eigenvalue weighted by Crippen LogP contribution is 2.40. The monoisotopic (exact) mass is 624 g/mol. The standard InChI is InChI=1S/C46H28N2O/c47-29-30-15-17-31(18-16-30)32-19-21-33(22-20-32)34-23-25-37(26-24-34)46-48-45-43(42-14-6-10-36-8-2-4-12-40(36)42)27-38(28-44(45)49-46)41-13-5-9-35-7-1-3-11-39(35)41/h1-28H. The number of nitriles is 1. The molecule has 3 nitrogen and oxygen atoms in total. The van der Waals surface area contributed by atoms with Crippen molar-refractivity contribution >= 4 is 32.6 Å². The summed E-state index contributed by atoms with van der Waals surface area (Å²) in [6.07, 6.45) is 0. The molecule has 0 N–H and O–H groups in total. The fraction of sp³-hybridized carbons (Fsp3) is 0. The Morgan fingerprint density at radius 3 is 1.51 bits per heavy atom. The van der Waals surface area contributed by atoms with Crippen molar-refractivity contribution in [2.75, 3.05) is 0 Å². The molecule has 0 saturated heterocycles. The Kier molecular flexibility index (Phi) is 6.85. The molecule has 0 aliphatic carbocycles. The first-order valence-corrected chi connectivity index (χ1v) is 16.3. The van der Waals surface area contributed by atoms with Gasteiger partial charge in [0.2, 0.25) is 5.89 Å². The van der Waals surface area contributed by atoms with Crippen LogP contribution in [-0.2, 0) is 0 Å². The molecular weight excluding hydrogens is 597 g/mol. The van der Waals surface area contributed by atoms with Crippen molar-refractivity contribution < 1.29 is 4.42 Å². The number of hydrogen-bond donors (Lipinski definition) is 0. The maximum Gasteiger partial charge on any atom is 0.227 e. The molecule has 228 valence electrons. The van der Waals surface area contributed by atoms with E-state index >= 15 is 0 Å². The average Bonchev–Trinajstić information content (AvgIpc) is 3.62. The summed E-state index contributed by atoms with van der Waals surface area (Å²) >= 11 is 0. The van der Waals surface area contributed by atoms with Gasteiger partial charge in [-0.25, -0.2) is 4.98 Å². The first-order valence-electron chi connectivity index (χ1n) is 16.3. The molecule has 0 saturated carbocycles. The predicted octanol–water partition coefficient (Wildman–Crippen LogP) is 12.3. The van der Waals surface area contributed by atoms with Gasteiger partial charge in [-0.05, 0) is 96.9 Å². The van der Waals surface area contributed by atoms with Crippen LogP contribution in [0.25, 0.3) is 88.6 Å². The minimum atomic E-state index is 0.592. The Hall–Kier alpha value is -6.76. The molecule has 49 heavy (non-hydrogen) atoms. The lowest BCUT2D eigenvalue weighted by atomic mass is 9.92. The lowest BCUT2D eigenvalue weighted by Crippen LogP contribution is -1.87. The average molecular weight is 625 g/mol. The van der Waals surface area contributed by atoms with E-state index in [1.807, 2.05) is 24.3 Å². The van der Waals surface area contributed by atoms with Crippen LogP contribution in [0.5, 0.6) is 0 Å². The largest absolute Gasteiger partial charge is 0.436 e. The van der Waals surface area contributed by atoms with Crippen molar-refractivity contribution in [3.05, 3.63) is 175 Å². The van der Waals surface area contributed by atoms with E-state index in [9.17, 15) is 0 Å². The first-order chi connectivity index (χ1) is 24.2. The maximum absolute atomic E-state index is 9.11. The zero-order valence-electron chi connectivity index (χ0n) is 26.5. The smallest absolute Gasteiger partial charge is 0.227 e. The molecular formula is C46H28N2O. The van der Waals surface area contributed by atoms with Gasteiger partial charge < -0.3 is 4.42 Å². The molecule has 9 rings (SSSR count). The summed E-state index contributed by atoms with van der Waals surface area (Å²) in [5.41, 5.74) is 12.0. The van der Waals surface area contributed by atoms with Crippen LogP contribution >= 0.6 is 0 Å². The van der Waals surface area contributed by atoms with Gasteiger partial charge in [-0.15, -0.1) is 0 Å². The van der Waals surface area contributed by atoms with Crippen LogP contribution in [0.4, 0.5) is 0 Å². The molecule has 1 aromatic heterocycles. The van der Waals surface area contributed by atoms with Gasteiger partial charge in [-0.3, -0.25) is 0 Å². The molecule has 0 bridgehead atoms. The van der Waals surface area contributed by atoms with E-state index in [0.717, 1.165) is 61.2 Å². The third-order valence-corrected chi connectivity index (χ3v) is 9.37. The van der Waals surface area contributed by atoms with Crippen molar-refractivity contribution in [1.29, 1.82) is 5.26 Å². The van der Waals surface area contributed by atoms with Crippen LogP contribution < -0.4 is 0 Å². The molecule has 0 fully saturated rings. The fourth-order valence-electron chi connectivity index (χ4n) is 6.85. The van der Waals surface area contributed by atoms with Crippen LogP contribution in [0.15, 0.2) is 174 Å². The molecule has 9 aromatic rings. The Balaban J connectivity index is 1.13. The van der Waals surface area contributed by atoms with E-state index in [-0.39, 0.29) is 0 Å². The third kappa shape index (κ3) is 5.13. The van der Waals surface area contributed by atoms with Gasteiger partial charge in [0.1, 0.15) is 5.52 Å². The Morgan fingerprint density at radius 2 is 0.918 bits per heavy atom. The highest BCUT2D eigenvalue weighted by Gasteiger charge is 2.18. The Bertz CT molecular complexity index is 2680. The van der Waals surface area contributed by atoms with Crippen LogP contribution in [0.1, 0.15) is 5.56 Å². The fourth-order valence-corrected chi connectivity index (χ4v) is 6.85. The molecule has 3 heteroatoms. The van der Waals surface area contributed by atoms with Gasteiger partial charge in [0.15, 0.2) is 5.58 Å². The van der Waals surface area contributed by atoms with E-state index in [1.54, 1.807) is 0 Å². The predicted molar refractivity (Wildman–Crippen MR) is 201 cm³/mol. The third-order valence-electron chi connectivity index (χ3n) is 9.37. The summed E-state index contributed by atoms with van der Waals surface area (Å²) in [5.74, 6) is 0.592. The summed E-state index contributed by atoms with van der Waals surface area (Å²) in [5, 5.41) is 13.9. The van der Waals surface area contributed by atoms with Crippen LogP contribution in [0, 0.1) is 11.3 Å². The molecule has 0 unspecified atom stereocenters. The normalized spacial score (nSPS) is 11.2. The summed E-state index contributed by atoms with van der Waals surface area (Å²) in [6, 6.07) is 61.1. The summed E-state index contributed by atoms with van der Waals surface area (Å²) < 4.78 is 6.60. The number of nitrogens with zero attached hydrogens (tertiary/aromatic N) is 2. The van der Waals surface area contributed by atoms with Crippen LogP contribution in [-0.4, -0.2) is 4.98 Å². The quantitative estimate of drug-likeness (QED) is 0.191. The lowest BCUT2D eigenvalue weighted by molar-refractivity contribution is 0.620. The SMILES string of the molecule is N#Cc1ccc(-c2ccc(-c3ccc(-c4nc5c(-c6cccc7ccccc67)cc(-c6cccc7ccccc67)cc5o4)cc3)cc2)cc1. The van der Waals surface area contributed by atoms with Crippen molar-refractivity contribution in [1.82, 2.24) is 4.98 Å². The van der Waals surface area contributed by atoms with Crippen molar-refractivity contribution in [3.8, 4) is 62.0 Å². The van der Waals surface area contributed by atoms with E-state index in [4.69, 9.17) is 14.7 Å². The second-order valence-electron chi connectivity index (χ2n) is 12.3. The number of hydrogen-bond acceptors (Lipinski definition) is 3. The highest BCUT2D eigenvalue weighted by atomic mass is 16.3. The number of benzene rings is 8. The number of aromatic nitrogens is 1. The highest BCUT2D eigenvalue weighted by molar-refractivity contribution is 6.07. The second kappa shape index (κ2) is 11.8. The van der Waals surface area contributed by atoms with Gasteiger partial charge in [-0.1, -0.05) is 133 Å². The Labute approximate surface area is 284 Å². The Morgan fingerprint density at radius 1 is 0.429 bits per heavy atom. The van der Waals surface area contributed by atoms with Crippen molar-refractivity contribution in [2.45, 2.75) is 0 Å². The van der Waals surface area contributed by atoms with Gasteiger partial charge >= 0.3 is 0 Å². The number of oxazole rings is 1. The molecule has 0 atom stereocenters. The first kappa shape index (κ1) is 28.5. The maximum atomic E-state index is 9.11. The minimum Gasteiger partial charge on any atom is -0.436 e. The lowest BCUT2D eigenvalue weighted by Gasteiger charge is -2.11. The number of fused-ring (bicyclic) bond motifs is 3. The molecule has 8 aromatic carbocycles. The topological polar surface area (TPSA) is 49.8 Å². The van der Waals surface area contributed by atoms with Crippen LogP contribution in [0.2, 0.25) is 0 Å². The van der Waals surface area contributed by atoms with Gasteiger partial charge in [0.25, 0.3) is 0 Å². The summed E-state index contributed by atoms with van der Waals surface area (Å²) in [7, 11) is 0. The summed E-state index contributed by atoms with van der Waals surface area (Å²) in [4.78, 5) is 5.14. The van der Waals surface area contributed by atoms with Crippen LogP contribution in [0.3, 0.4) is 0 Å².